The van der Waals surface area contributed by atoms with Crippen molar-refractivity contribution >= 4 is 0 Å². The van der Waals surface area contributed by atoms with Gasteiger partial charge in [-0.2, -0.15) is 13.2 Å². The number of H-pyrrole nitrogens is 1. The number of benzene rings is 2. The second kappa shape index (κ2) is 5.55. The van der Waals surface area contributed by atoms with E-state index in [9.17, 15) is 22.4 Å². The van der Waals surface area contributed by atoms with Gasteiger partial charge in [0.05, 0.1) is 5.56 Å². The number of nitrogens with zero attached hydrogens (tertiary/aromatic N) is 2. The summed E-state index contributed by atoms with van der Waals surface area (Å²) in [7, 11) is 0. The van der Waals surface area contributed by atoms with E-state index in [0.717, 1.165) is 22.4 Å². The molecule has 4 rings (SSSR count). The maximum absolute atomic E-state index is 14.3. The standard InChI is InChI=1S/C18H13F4N3O/c1-10-9-11-3-2-4-14(19)16(11)25-15(10)17(26)24(23-25)13-7-5-12(6-8-13)18(20,21)22/h2-8,10H,9H2,1H3/p+1. The van der Waals surface area contributed by atoms with Crippen LogP contribution in [0.1, 0.15) is 29.7 Å². The lowest BCUT2D eigenvalue weighted by Gasteiger charge is -2.17. The Kier molecular flexibility index (Phi) is 3.54. The highest BCUT2D eigenvalue weighted by molar-refractivity contribution is 5.39. The summed E-state index contributed by atoms with van der Waals surface area (Å²) in [5, 5.41) is 2.80. The van der Waals surface area contributed by atoms with Gasteiger partial charge in [0.2, 0.25) is 5.69 Å². The van der Waals surface area contributed by atoms with Crippen molar-refractivity contribution in [3.63, 3.8) is 0 Å². The molecule has 0 saturated heterocycles. The molecule has 134 valence electrons. The second-order valence-electron chi connectivity index (χ2n) is 6.36. The van der Waals surface area contributed by atoms with Gasteiger partial charge < -0.3 is 0 Å². The van der Waals surface area contributed by atoms with E-state index in [1.807, 2.05) is 6.92 Å². The van der Waals surface area contributed by atoms with Gasteiger partial charge in [-0.05, 0) is 36.8 Å². The molecule has 26 heavy (non-hydrogen) atoms. The number of aromatic amines is 1. The molecule has 0 spiro atoms. The smallest absolute Gasteiger partial charge is 0.234 e. The Bertz CT molecular complexity index is 1050. The minimum Gasteiger partial charge on any atom is -0.234 e. The van der Waals surface area contributed by atoms with Crippen LogP contribution in [0.15, 0.2) is 47.3 Å². The molecule has 0 radical (unpaired) electrons. The number of alkyl halides is 3. The third-order valence-corrected chi connectivity index (χ3v) is 4.60. The SMILES string of the molecule is CC1Cc2cccc(F)c2-[n+]2[nH]n(-c3ccc(C(F)(F)F)cc3)c(=O)c21. The topological polar surface area (TPSA) is 41.7 Å². The van der Waals surface area contributed by atoms with Crippen LogP contribution in [0.3, 0.4) is 0 Å². The molecule has 2 aromatic carbocycles. The summed E-state index contributed by atoms with van der Waals surface area (Å²) in [6.07, 6.45) is -3.95. The number of nitrogens with one attached hydrogen (secondary N) is 1. The predicted octanol–water partition coefficient (Wildman–Crippen LogP) is 3.26. The summed E-state index contributed by atoms with van der Waals surface area (Å²) in [4.78, 5) is 12.8. The Balaban J connectivity index is 1.88. The summed E-state index contributed by atoms with van der Waals surface area (Å²) in [5.74, 6) is -0.634. The van der Waals surface area contributed by atoms with Crippen LogP contribution in [0.2, 0.25) is 0 Å². The average molecular weight is 364 g/mol. The van der Waals surface area contributed by atoms with Crippen LogP contribution in [0.5, 0.6) is 0 Å². The quantitative estimate of drug-likeness (QED) is 0.523. The lowest BCUT2D eigenvalue weighted by molar-refractivity contribution is -0.674. The van der Waals surface area contributed by atoms with Crippen molar-refractivity contribution in [1.29, 1.82) is 0 Å². The number of hydrogen-bond acceptors (Lipinski definition) is 1. The Morgan fingerprint density at radius 1 is 1.15 bits per heavy atom. The predicted molar refractivity (Wildman–Crippen MR) is 85.0 cm³/mol. The van der Waals surface area contributed by atoms with Crippen LogP contribution in [0.25, 0.3) is 11.4 Å². The molecule has 1 atom stereocenters. The number of halogens is 4. The zero-order chi connectivity index (χ0) is 18.6. The average Bonchev–Trinajstić information content (AvgIpc) is 2.92. The summed E-state index contributed by atoms with van der Waals surface area (Å²) >= 11 is 0. The number of rotatable bonds is 1. The second-order valence-corrected chi connectivity index (χ2v) is 6.36. The number of fused-ring (bicyclic) bond motifs is 3. The molecule has 0 amide bonds. The van der Waals surface area contributed by atoms with E-state index in [4.69, 9.17) is 0 Å². The Labute approximate surface area is 145 Å². The Morgan fingerprint density at radius 3 is 2.50 bits per heavy atom. The molecule has 0 saturated carbocycles. The lowest BCUT2D eigenvalue weighted by atomic mass is 9.93. The highest BCUT2D eigenvalue weighted by atomic mass is 19.4. The van der Waals surface area contributed by atoms with Crippen LogP contribution in [0, 0.1) is 5.82 Å². The van der Waals surface area contributed by atoms with Crippen LogP contribution in [-0.2, 0) is 12.6 Å². The third kappa shape index (κ3) is 2.44. The monoisotopic (exact) mass is 364 g/mol. The Morgan fingerprint density at radius 2 is 1.85 bits per heavy atom. The van der Waals surface area contributed by atoms with Gasteiger partial charge in [-0.15, -0.1) is 4.68 Å². The molecule has 2 heterocycles. The van der Waals surface area contributed by atoms with Crippen molar-refractivity contribution in [2.24, 2.45) is 0 Å². The van der Waals surface area contributed by atoms with Gasteiger partial charge in [0.1, 0.15) is 0 Å². The van der Waals surface area contributed by atoms with Crippen LogP contribution >= 0.6 is 0 Å². The van der Waals surface area contributed by atoms with Crippen molar-refractivity contribution in [1.82, 2.24) is 9.90 Å². The first-order valence-electron chi connectivity index (χ1n) is 7.99. The summed E-state index contributed by atoms with van der Waals surface area (Å²) in [6.45, 7) is 1.85. The molecule has 1 unspecified atom stereocenters. The summed E-state index contributed by atoms with van der Waals surface area (Å²) < 4.78 is 55.0. The Hall–Kier alpha value is -2.90. The molecule has 1 aliphatic heterocycles. The van der Waals surface area contributed by atoms with Crippen LogP contribution < -0.4 is 10.2 Å². The van der Waals surface area contributed by atoms with Crippen molar-refractivity contribution in [2.45, 2.75) is 25.4 Å². The molecule has 4 nitrogen and oxygen atoms in total. The molecule has 8 heteroatoms. The van der Waals surface area contributed by atoms with E-state index >= 15 is 0 Å². The van der Waals surface area contributed by atoms with Crippen molar-refractivity contribution in [2.75, 3.05) is 0 Å². The molecule has 1 aliphatic rings. The summed E-state index contributed by atoms with van der Waals surface area (Å²) in [5.41, 5.74) is 0.422. The van der Waals surface area contributed by atoms with Gasteiger partial charge >= 0.3 is 11.7 Å². The zero-order valence-corrected chi connectivity index (χ0v) is 13.6. The third-order valence-electron chi connectivity index (χ3n) is 4.60. The minimum absolute atomic E-state index is 0.163. The molecule has 1 aromatic heterocycles. The minimum atomic E-state index is -4.45. The lowest BCUT2D eigenvalue weighted by Crippen LogP contribution is -2.45. The molecule has 1 N–H and O–H groups in total. The molecule has 0 aliphatic carbocycles. The van der Waals surface area contributed by atoms with Crippen molar-refractivity contribution in [3.8, 4) is 11.4 Å². The highest BCUT2D eigenvalue weighted by Crippen LogP contribution is 2.30. The molecule has 0 bridgehead atoms. The van der Waals surface area contributed by atoms with E-state index in [2.05, 4.69) is 5.21 Å². The van der Waals surface area contributed by atoms with Gasteiger partial charge in [-0.3, -0.25) is 0 Å². The maximum Gasteiger partial charge on any atom is 0.416 e. The maximum atomic E-state index is 14.3. The van der Waals surface area contributed by atoms with Gasteiger partial charge in [0.25, 0.3) is 0 Å². The largest absolute Gasteiger partial charge is 0.416 e. The first kappa shape index (κ1) is 16.6. The molecule has 0 fully saturated rings. The fraction of sp³-hybridized carbons (Fsp3) is 0.222. The van der Waals surface area contributed by atoms with E-state index in [-0.39, 0.29) is 17.3 Å². The van der Waals surface area contributed by atoms with E-state index in [0.29, 0.717) is 12.1 Å². The van der Waals surface area contributed by atoms with Gasteiger partial charge in [-0.1, -0.05) is 29.0 Å². The fourth-order valence-electron chi connectivity index (χ4n) is 3.39. The van der Waals surface area contributed by atoms with E-state index in [1.54, 1.807) is 12.1 Å². The van der Waals surface area contributed by atoms with Crippen LogP contribution in [0.4, 0.5) is 17.6 Å². The van der Waals surface area contributed by atoms with Crippen molar-refractivity contribution in [3.05, 3.63) is 75.5 Å². The first-order valence-corrected chi connectivity index (χ1v) is 7.99. The number of hydrogen-bond donors (Lipinski definition) is 1. The summed E-state index contributed by atoms with van der Waals surface area (Å²) in [6, 6.07) is 8.93. The van der Waals surface area contributed by atoms with Crippen LogP contribution in [-0.4, -0.2) is 9.90 Å². The van der Waals surface area contributed by atoms with E-state index in [1.165, 1.54) is 22.9 Å². The number of para-hydroxylation sites is 1. The van der Waals surface area contributed by atoms with Crippen molar-refractivity contribution < 1.29 is 22.2 Å². The normalized spacial score (nSPS) is 16.3. The van der Waals surface area contributed by atoms with Gasteiger partial charge in [0, 0.05) is 11.5 Å². The van der Waals surface area contributed by atoms with E-state index < -0.39 is 23.1 Å². The first-order chi connectivity index (χ1) is 12.3. The fourth-order valence-corrected chi connectivity index (χ4v) is 3.39. The molecule has 3 aromatic rings. The number of aromatic nitrogens is 3. The molecular weight excluding hydrogens is 350 g/mol. The highest BCUT2D eigenvalue weighted by Gasteiger charge is 2.36. The van der Waals surface area contributed by atoms with Gasteiger partial charge in [-0.25, -0.2) is 9.18 Å². The zero-order valence-electron chi connectivity index (χ0n) is 13.6. The molecular formula is C18H14F4N3O+. The van der Waals surface area contributed by atoms with Gasteiger partial charge in [0.15, 0.2) is 17.2 Å².